The Kier molecular flexibility index (Phi) is 2.69. The van der Waals surface area contributed by atoms with Crippen LogP contribution in [0.25, 0.3) is 33.2 Å². The molecule has 0 saturated heterocycles. The molecule has 0 aliphatic rings. The van der Waals surface area contributed by atoms with Crippen molar-refractivity contribution in [3.63, 3.8) is 0 Å². The van der Waals surface area contributed by atoms with Gasteiger partial charge in [-0.1, -0.05) is 42.5 Å². The van der Waals surface area contributed by atoms with Crippen LogP contribution in [0, 0.1) is 0 Å². The lowest BCUT2D eigenvalue weighted by atomic mass is 10.1. The fourth-order valence-corrected chi connectivity index (χ4v) is 2.70. The zero-order chi connectivity index (χ0) is 15.1. The number of benzene rings is 3. The first-order chi connectivity index (χ1) is 10.7. The lowest BCUT2D eigenvalue weighted by molar-refractivity contribution is 0.0697. The summed E-state index contributed by atoms with van der Waals surface area (Å²) in [7, 11) is 0. The molecule has 3 aromatic carbocycles. The first kappa shape index (κ1) is 12.6. The van der Waals surface area contributed by atoms with E-state index in [1.807, 2.05) is 42.5 Å². The molecule has 4 rings (SSSR count). The van der Waals surface area contributed by atoms with Crippen LogP contribution in [0.2, 0.25) is 0 Å². The number of carboxylic acid groups (broad SMARTS) is 1. The summed E-state index contributed by atoms with van der Waals surface area (Å²) in [6.45, 7) is 0. The summed E-state index contributed by atoms with van der Waals surface area (Å²) in [5, 5.41) is 11.5. The van der Waals surface area contributed by atoms with Gasteiger partial charge in [-0.3, -0.25) is 0 Å². The van der Waals surface area contributed by atoms with E-state index in [2.05, 4.69) is 9.97 Å². The highest BCUT2D eigenvalue weighted by Gasteiger charge is 2.14. The second-order valence-electron chi connectivity index (χ2n) is 5.15. The van der Waals surface area contributed by atoms with Gasteiger partial charge in [0.05, 0.1) is 16.6 Å². The normalized spacial score (nSPS) is 11.1. The van der Waals surface area contributed by atoms with Gasteiger partial charge in [0, 0.05) is 5.56 Å². The summed E-state index contributed by atoms with van der Waals surface area (Å²) in [5.74, 6) is -0.385. The molecule has 0 atom stereocenters. The van der Waals surface area contributed by atoms with Gasteiger partial charge in [0.1, 0.15) is 5.82 Å². The molecule has 106 valence electrons. The number of aromatic nitrogens is 2. The highest BCUT2D eigenvalue weighted by atomic mass is 16.4. The second-order valence-corrected chi connectivity index (χ2v) is 5.15. The van der Waals surface area contributed by atoms with Gasteiger partial charge >= 0.3 is 5.97 Å². The predicted molar refractivity (Wildman–Crippen MR) is 86.0 cm³/mol. The van der Waals surface area contributed by atoms with Gasteiger partial charge < -0.3 is 10.1 Å². The van der Waals surface area contributed by atoms with Crippen molar-refractivity contribution in [2.75, 3.05) is 0 Å². The monoisotopic (exact) mass is 288 g/mol. The molecular formula is C18H12N2O2. The van der Waals surface area contributed by atoms with Gasteiger partial charge in [-0.25, -0.2) is 9.78 Å². The van der Waals surface area contributed by atoms with Crippen molar-refractivity contribution < 1.29 is 9.90 Å². The third-order valence-corrected chi connectivity index (χ3v) is 3.76. The smallest absolute Gasteiger partial charge is 0.336 e. The first-order valence-electron chi connectivity index (χ1n) is 6.93. The van der Waals surface area contributed by atoms with Gasteiger partial charge in [-0.05, 0) is 29.0 Å². The molecular weight excluding hydrogens is 276 g/mol. The van der Waals surface area contributed by atoms with Crippen molar-refractivity contribution in [1.29, 1.82) is 0 Å². The molecule has 1 heterocycles. The Hall–Kier alpha value is -3.14. The number of aromatic amines is 1. The summed E-state index contributed by atoms with van der Waals surface area (Å²) < 4.78 is 0. The number of rotatable bonds is 2. The Morgan fingerprint density at radius 3 is 2.41 bits per heavy atom. The molecule has 0 amide bonds. The third-order valence-electron chi connectivity index (χ3n) is 3.76. The average molecular weight is 288 g/mol. The van der Waals surface area contributed by atoms with Gasteiger partial charge in [0.25, 0.3) is 0 Å². The zero-order valence-electron chi connectivity index (χ0n) is 11.6. The number of hydrogen-bond donors (Lipinski definition) is 2. The van der Waals surface area contributed by atoms with Crippen molar-refractivity contribution in [2.24, 2.45) is 0 Å². The Morgan fingerprint density at radius 2 is 1.64 bits per heavy atom. The van der Waals surface area contributed by atoms with Crippen molar-refractivity contribution in [1.82, 2.24) is 9.97 Å². The maximum absolute atomic E-state index is 11.4. The molecule has 4 aromatic rings. The van der Waals surface area contributed by atoms with Gasteiger partial charge in [0.2, 0.25) is 0 Å². The number of nitrogens with one attached hydrogen (secondary N) is 1. The van der Waals surface area contributed by atoms with Crippen LogP contribution < -0.4 is 0 Å². The molecule has 2 N–H and O–H groups in total. The quantitative estimate of drug-likeness (QED) is 0.584. The summed E-state index contributed by atoms with van der Waals surface area (Å²) in [4.78, 5) is 19.1. The average Bonchev–Trinajstić information content (AvgIpc) is 2.95. The standard InChI is InChI=1S/C18H12N2O2/c21-18(22)14-8-4-3-7-13(14)17-19-15-9-11-5-1-2-6-12(11)10-16(15)20-17/h1-10H,(H,19,20)(H,21,22). The van der Waals surface area contributed by atoms with E-state index in [4.69, 9.17) is 0 Å². The summed E-state index contributed by atoms with van der Waals surface area (Å²) in [6.07, 6.45) is 0. The number of carbonyl (C=O) groups is 1. The van der Waals surface area contributed by atoms with Crippen molar-refractivity contribution in [2.45, 2.75) is 0 Å². The van der Waals surface area contributed by atoms with E-state index in [0.29, 0.717) is 11.4 Å². The molecule has 0 unspecified atom stereocenters. The van der Waals surface area contributed by atoms with Gasteiger partial charge in [0.15, 0.2) is 0 Å². The minimum Gasteiger partial charge on any atom is -0.478 e. The molecule has 0 fully saturated rings. The Labute approximate surface area is 126 Å². The predicted octanol–water partition coefficient (Wildman–Crippen LogP) is 4.08. The second kappa shape index (κ2) is 4.70. The number of fused-ring (bicyclic) bond motifs is 2. The van der Waals surface area contributed by atoms with E-state index in [1.54, 1.807) is 18.2 Å². The molecule has 1 aromatic heterocycles. The first-order valence-corrected chi connectivity index (χ1v) is 6.93. The third kappa shape index (κ3) is 1.93. The molecule has 0 bridgehead atoms. The molecule has 0 aliphatic heterocycles. The summed E-state index contributed by atoms with van der Waals surface area (Å²) in [5.41, 5.74) is 2.56. The molecule has 0 spiro atoms. The van der Waals surface area contributed by atoms with E-state index in [9.17, 15) is 9.90 Å². The van der Waals surface area contributed by atoms with E-state index in [0.717, 1.165) is 21.8 Å². The van der Waals surface area contributed by atoms with Crippen LogP contribution in [-0.4, -0.2) is 21.0 Å². The zero-order valence-corrected chi connectivity index (χ0v) is 11.6. The van der Waals surface area contributed by atoms with E-state index in [-0.39, 0.29) is 5.56 Å². The molecule has 4 heteroatoms. The highest BCUT2D eigenvalue weighted by Crippen LogP contribution is 2.26. The van der Waals surface area contributed by atoms with Crippen LogP contribution in [0.1, 0.15) is 10.4 Å². The van der Waals surface area contributed by atoms with Crippen molar-refractivity contribution in [3.8, 4) is 11.4 Å². The molecule has 0 radical (unpaired) electrons. The number of carboxylic acids is 1. The number of imidazole rings is 1. The van der Waals surface area contributed by atoms with Crippen LogP contribution in [0.15, 0.2) is 60.7 Å². The van der Waals surface area contributed by atoms with E-state index >= 15 is 0 Å². The van der Waals surface area contributed by atoms with Crippen LogP contribution in [0.3, 0.4) is 0 Å². The Bertz CT molecular complexity index is 965. The minimum atomic E-state index is -0.957. The summed E-state index contributed by atoms with van der Waals surface area (Å²) >= 11 is 0. The Balaban J connectivity index is 1.97. The van der Waals surface area contributed by atoms with Crippen LogP contribution in [0.5, 0.6) is 0 Å². The van der Waals surface area contributed by atoms with E-state index < -0.39 is 5.97 Å². The molecule has 0 aliphatic carbocycles. The molecule has 4 nitrogen and oxygen atoms in total. The van der Waals surface area contributed by atoms with Gasteiger partial charge in [-0.2, -0.15) is 0 Å². The Morgan fingerprint density at radius 1 is 0.955 bits per heavy atom. The lowest BCUT2D eigenvalue weighted by Gasteiger charge is -2.01. The van der Waals surface area contributed by atoms with Crippen molar-refractivity contribution >= 4 is 27.8 Å². The minimum absolute atomic E-state index is 0.242. The van der Waals surface area contributed by atoms with Crippen LogP contribution in [0.4, 0.5) is 0 Å². The SMILES string of the molecule is O=C(O)c1ccccc1-c1nc2cc3ccccc3cc2[nH]1. The largest absolute Gasteiger partial charge is 0.478 e. The number of H-pyrrole nitrogens is 1. The number of hydrogen-bond acceptors (Lipinski definition) is 2. The number of aromatic carboxylic acids is 1. The van der Waals surface area contributed by atoms with Crippen molar-refractivity contribution in [3.05, 3.63) is 66.2 Å². The molecule has 0 saturated carbocycles. The van der Waals surface area contributed by atoms with E-state index in [1.165, 1.54) is 0 Å². The topological polar surface area (TPSA) is 66.0 Å². The maximum Gasteiger partial charge on any atom is 0.336 e. The maximum atomic E-state index is 11.4. The summed E-state index contributed by atoms with van der Waals surface area (Å²) in [6, 6.07) is 19.0. The van der Waals surface area contributed by atoms with Gasteiger partial charge in [-0.15, -0.1) is 0 Å². The number of nitrogens with zero attached hydrogens (tertiary/aromatic N) is 1. The van der Waals surface area contributed by atoms with Crippen LogP contribution in [-0.2, 0) is 0 Å². The van der Waals surface area contributed by atoms with Crippen LogP contribution >= 0.6 is 0 Å². The fraction of sp³-hybridized carbons (Fsp3) is 0. The fourth-order valence-electron chi connectivity index (χ4n) is 2.70. The lowest BCUT2D eigenvalue weighted by Crippen LogP contribution is -1.99. The molecule has 22 heavy (non-hydrogen) atoms. The highest BCUT2D eigenvalue weighted by molar-refractivity contribution is 5.98.